The summed E-state index contributed by atoms with van der Waals surface area (Å²) in [6.07, 6.45) is 3.06. The molecular formula is C16H24Cl2N2O3. The lowest BCUT2D eigenvalue weighted by Crippen LogP contribution is -2.47. The number of piperidine rings is 1. The van der Waals surface area contributed by atoms with E-state index in [9.17, 15) is 4.79 Å². The lowest BCUT2D eigenvalue weighted by molar-refractivity contribution is 0.0623. The molecule has 1 aromatic carbocycles. The van der Waals surface area contributed by atoms with E-state index in [1.54, 1.807) is 12.1 Å². The first kappa shape index (κ1) is 19.9. The molecule has 1 saturated heterocycles. The van der Waals surface area contributed by atoms with Crippen LogP contribution in [0.15, 0.2) is 12.1 Å². The van der Waals surface area contributed by atoms with Crippen molar-refractivity contribution in [3.8, 4) is 11.5 Å². The van der Waals surface area contributed by atoms with Gasteiger partial charge in [-0.05, 0) is 38.3 Å². The number of nitrogens with zero attached hydrogens (tertiary/aromatic N) is 1. The summed E-state index contributed by atoms with van der Waals surface area (Å²) < 4.78 is 10.8. The molecule has 1 fully saturated rings. The van der Waals surface area contributed by atoms with Gasteiger partial charge in [0.05, 0.1) is 18.7 Å². The number of amides is 1. The summed E-state index contributed by atoms with van der Waals surface area (Å²) >= 11 is 6.24. The second-order valence-electron chi connectivity index (χ2n) is 5.31. The molecule has 1 aromatic rings. The van der Waals surface area contributed by atoms with Crippen LogP contribution in [0.4, 0.5) is 0 Å². The Kier molecular flexibility index (Phi) is 7.95. The van der Waals surface area contributed by atoms with Gasteiger partial charge in [-0.3, -0.25) is 4.79 Å². The summed E-state index contributed by atoms with van der Waals surface area (Å²) in [5, 5.41) is 0.380. The van der Waals surface area contributed by atoms with Crippen LogP contribution in [0.3, 0.4) is 0 Å². The fourth-order valence-corrected chi connectivity index (χ4v) is 3.07. The second-order valence-corrected chi connectivity index (χ2v) is 5.71. The zero-order chi connectivity index (χ0) is 16.1. The third kappa shape index (κ3) is 4.43. The Morgan fingerprint density at radius 1 is 1.43 bits per heavy atom. The highest BCUT2D eigenvalue weighted by atomic mass is 35.5. The van der Waals surface area contributed by atoms with E-state index < -0.39 is 0 Å². The Morgan fingerprint density at radius 2 is 2.17 bits per heavy atom. The Hall–Kier alpha value is -1.17. The molecule has 1 amide bonds. The maximum Gasteiger partial charge on any atom is 0.254 e. The van der Waals surface area contributed by atoms with Gasteiger partial charge in [-0.25, -0.2) is 0 Å². The van der Waals surface area contributed by atoms with Gasteiger partial charge in [0.1, 0.15) is 0 Å². The molecule has 2 rings (SSSR count). The number of hydrogen-bond donors (Lipinski definition) is 1. The number of rotatable bonds is 5. The molecule has 1 heterocycles. The van der Waals surface area contributed by atoms with Crippen LogP contribution in [-0.2, 0) is 0 Å². The average molecular weight is 363 g/mol. The molecule has 1 atom stereocenters. The summed E-state index contributed by atoms with van der Waals surface area (Å²) in [5.41, 5.74) is 6.30. The molecule has 0 bridgehead atoms. The van der Waals surface area contributed by atoms with Crippen LogP contribution >= 0.6 is 24.0 Å². The highest BCUT2D eigenvalue weighted by Gasteiger charge is 2.27. The first-order chi connectivity index (χ1) is 10.6. The molecule has 130 valence electrons. The number of benzene rings is 1. The predicted octanol–water partition coefficient (Wildman–Crippen LogP) is 3.12. The molecule has 0 radical (unpaired) electrons. The maximum absolute atomic E-state index is 12.8. The molecule has 0 spiro atoms. The fourth-order valence-electron chi connectivity index (χ4n) is 2.81. The number of ether oxygens (including phenoxy) is 2. The van der Waals surface area contributed by atoms with E-state index in [-0.39, 0.29) is 24.4 Å². The molecule has 0 saturated carbocycles. The summed E-state index contributed by atoms with van der Waals surface area (Å²) in [6, 6.07) is 3.42. The molecule has 1 unspecified atom stereocenters. The molecule has 2 N–H and O–H groups in total. The SMILES string of the molecule is CCOc1c(Cl)cc(C(=O)N2CCCCC2CN)cc1OC.Cl. The molecule has 7 heteroatoms. The van der Waals surface area contributed by atoms with E-state index in [2.05, 4.69) is 0 Å². The van der Waals surface area contributed by atoms with Crippen LogP contribution in [0.1, 0.15) is 36.5 Å². The largest absolute Gasteiger partial charge is 0.493 e. The predicted molar refractivity (Wildman–Crippen MR) is 94.2 cm³/mol. The van der Waals surface area contributed by atoms with Crippen molar-refractivity contribution in [3.63, 3.8) is 0 Å². The number of carbonyl (C=O) groups excluding carboxylic acids is 1. The van der Waals surface area contributed by atoms with Crippen molar-refractivity contribution >= 4 is 29.9 Å². The van der Waals surface area contributed by atoms with Gasteiger partial charge in [-0.2, -0.15) is 0 Å². The number of likely N-dealkylation sites (tertiary alicyclic amines) is 1. The van der Waals surface area contributed by atoms with Crippen molar-refractivity contribution in [2.24, 2.45) is 5.73 Å². The van der Waals surface area contributed by atoms with Gasteiger partial charge in [0.2, 0.25) is 0 Å². The second kappa shape index (κ2) is 9.21. The smallest absolute Gasteiger partial charge is 0.254 e. The van der Waals surface area contributed by atoms with Gasteiger partial charge in [0.15, 0.2) is 11.5 Å². The summed E-state index contributed by atoms with van der Waals surface area (Å²) in [7, 11) is 1.53. The van der Waals surface area contributed by atoms with Crippen LogP contribution < -0.4 is 15.2 Å². The third-order valence-electron chi connectivity index (χ3n) is 3.93. The lowest BCUT2D eigenvalue weighted by atomic mass is 10.0. The molecule has 23 heavy (non-hydrogen) atoms. The molecule has 5 nitrogen and oxygen atoms in total. The normalized spacial score (nSPS) is 17.4. The van der Waals surface area contributed by atoms with Crippen LogP contribution in [0.5, 0.6) is 11.5 Å². The van der Waals surface area contributed by atoms with Gasteiger partial charge in [0, 0.05) is 24.7 Å². The average Bonchev–Trinajstić information content (AvgIpc) is 2.55. The van der Waals surface area contributed by atoms with Crippen LogP contribution in [0.25, 0.3) is 0 Å². The third-order valence-corrected chi connectivity index (χ3v) is 4.21. The lowest BCUT2D eigenvalue weighted by Gasteiger charge is -2.35. The quantitative estimate of drug-likeness (QED) is 0.873. The van der Waals surface area contributed by atoms with Gasteiger partial charge in [-0.15, -0.1) is 12.4 Å². The minimum atomic E-state index is -0.0570. The minimum Gasteiger partial charge on any atom is -0.493 e. The minimum absolute atomic E-state index is 0. The molecule has 0 aromatic heterocycles. The maximum atomic E-state index is 12.8. The van der Waals surface area contributed by atoms with Gasteiger partial charge in [-0.1, -0.05) is 11.6 Å². The van der Waals surface area contributed by atoms with Gasteiger partial charge in [0.25, 0.3) is 5.91 Å². The van der Waals surface area contributed by atoms with Crippen LogP contribution in [-0.4, -0.2) is 43.7 Å². The summed E-state index contributed by atoms with van der Waals surface area (Å²) in [4.78, 5) is 14.6. The zero-order valence-electron chi connectivity index (χ0n) is 13.5. The summed E-state index contributed by atoms with van der Waals surface area (Å²) in [5.74, 6) is 0.884. The van der Waals surface area contributed by atoms with E-state index in [4.69, 9.17) is 26.8 Å². The first-order valence-corrected chi connectivity index (χ1v) is 8.01. The Labute approximate surface area is 148 Å². The van der Waals surface area contributed by atoms with Crippen molar-refractivity contribution in [2.75, 3.05) is 26.8 Å². The number of nitrogens with two attached hydrogens (primary N) is 1. The van der Waals surface area contributed by atoms with Crippen molar-refractivity contribution in [2.45, 2.75) is 32.2 Å². The van der Waals surface area contributed by atoms with E-state index in [0.717, 1.165) is 25.8 Å². The van der Waals surface area contributed by atoms with Crippen molar-refractivity contribution in [1.82, 2.24) is 4.90 Å². The fraction of sp³-hybridized carbons (Fsp3) is 0.562. The van der Waals surface area contributed by atoms with E-state index >= 15 is 0 Å². The zero-order valence-corrected chi connectivity index (χ0v) is 15.1. The van der Waals surface area contributed by atoms with Crippen molar-refractivity contribution in [3.05, 3.63) is 22.7 Å². The highest BCUT2D eigenvalue weighted by molar-refractivity contribution is 6.32. The van der Waals surface area contributed by atoms with Gasteiger partial charge >= 0.3 is 0 Å². The topological polar surface area (TPSA) is 64.8 Å². The number of halogens is 2. The monoisotopic (exact) mass is 362 g/mol. The number of methoxy groups -OCH3 is 1. The standard InChI is InChI=1S/C16H23ClN2O3.ClH/c1-3-22-15-13(17)8-11(9-14(15)21-2)16(20)19-7-5-4-6-12(19)10-18;/h8-9,12H,3-7,10,18H2,1-2H3;1H. The molecule has 1 aliphatic heterocycles. The molecular weight excluding hydrogens is 339 g/mol. The Morgan fingerprint density at radius 3 is 2.78 bits per heavy atom. The van der Waals surface area contributed by atoms with E-state index in [1.807, 2.05) is 11.8 Å². The Balaban J connectivity index is 0.00000264. The first-order valence-electron chi connectivity index (χ1n) is 7.63. The molecule has 1 aliphatic rings. The van der Waals surface area contributed by atoms with Crippen molar-refractivity contribution < 1.29 is 14.3 Å². The van der Waals surface area contributed by atoms with Crippen LogP contribution in [0, 0.1) is 0 Å². The van der Waals surface area contributed by atoms with E-state index in [1.165, 1.54) is 7.11 Å². The highest BCUT2D eigenvalue weighted by Crippen LogP contribution is 2.37. The van der Waals surface area contributed by atoms with Crippen LogP contribution in [0.2, 0.25) is 5.02 Å². The summed E-state index contributed by atoms with van der Waals surface area (Å²) in [6.45, 7) is 3.56. The Bertz CT molecular complexity index is 540. The molecule has 0 aliphatic carbocycles. The van der Waals surface area contributed by atoms with E-state index in [0.29, 0.717) is 35.2 Å². The number of hydrogen-bond acceptors (Lipinski definition) is 4. The number of carbonyl (C=O) groups is 1. The van der Waals surface area contributed by atoms with Crippen molar-refractivity contribution in [1.29, 1.82) is 0 Å². The van der Waals surface area contributed by atoms with Gasteiger partial charge < -0.3 is 20.1 Å².